The first-order valence-electron chi connectivity index (χ1n) is 11.2. The van der Waals surface area contributed by atoms with E-state index in [1.165, 1.54) is 0 Å². The van der Waals surface area contributed by atoms with Crippen LogP contribution in [0.5, 0.6) is 0 Å². The second-order valence-corrected chi connectivity index (χ2v) is 8.82. The minimum atomic E-state index is -1.87. The first kappa shape index (κ1) is 24.6. The van der Waals surface area contributed by atoms with Gasteiger partial charge in [-0.3, -0.25) is 0 Å². The molecule has 0 unspecified atom stereocenters. The van der Waals surface area contributed by atoms with Crippen molar-refractivity contribution in [2.45, 2.75) is 86.8 Å². The standard InChI is InChI=1S/C20H34O12/c21-9-20(25)10-29-19(17(20)24)32-16-13(22)8-28-18(15(16)23)31-12-3-4-14(27-7-12)30-11-2-1-5-26-6-11/h11-19,21-25H,1-10H2/t11-,12-,13-,14+,15-,16+,17+,18+,19+,20-/m1/s1. The Morgan fingerprint density at radius 2 is 1.66 bits per heavy atom. The first-order chi connectivity index (χ1) is 15.4. The van der Waals surface area contributed by atoms with Gasteiger partial charge in [0.15, 0.2) is 18.9 Å². The van der Waals surface area contributed by atoms with Crippen LogP contribution in [0.25, 0.3) is 0 Å². The lowest BCUT2D eigenvalue weighted by Crippen LogP contribution is -2.58. The highest BCUT2D eigenvalue weighted by molar-refractivity contribution is 4.95. The smallest absolute Gasteiger partial charge is 0.187 e. The molecule has 4 heterocycles. The molecule has 0 saturated carbocycles. The van der Waals surface area contributed by atoms with Crippen LogP contribution in [0.2, 0.25) is 0 Å². The monoisotopic (exact) mass is 466 g/mol. The Kier molecular flexibility index (Phi) is 8.35. The summed E-state index contributed by atoms with van der Waals surface area (Å²) < 4.78 is 39.1. The summed E-state index contributed by atoms with van der Waals surface area (Å²) in [6.45, 7) is 0.353. The van der Waals surface area contributed by atoms with Crippen molar-refractivity contribution in [1.29, 1.82) is 0 Å². The van der Waals surface area contributed by atoms with Crippen LogP contribution in [0.1, 0.15) is 25.7 Å². The second kappa shape index (κ2) is 10.8. The second-order valence-electron chi connectivity index (χ2n) is 8.82. The van der Waals surface area contributed by atoms with E-state index in [1.54, 1.807) is 0 Å². The lowest BCUT2D eigenvalue weighted by atomic mass is 10.0. The van der Waals surface area contributed by atoms with Gasteiger partial charge in [0.1, 0.15) is 30.0 Å². The molecule has 0 aromatic carbocycles. The molecular weight excluding hydrogens is 432 g/mol. The molecule has 0 amide bonds. The van der Waals surface area contributed by atoms with E-state index < -0.39 is 49.2 Å². The Hall–Kier alpha value is -0.480. The molecule has 4 aliphatic rings. The quantitative estimate of drug-likeness (QED) is 0.271. The first-order valence-corrected chi connectivity index (χ1v) is 11.2. The molecule has 5 N–H and O–H groups in total. The predicted molar refractivity (Wildman–Crippen MR) is 103 cm³/mol. The molecule has 0 bridgehead atoms. The highest BCUT2D eigenvalue weighted by Crippen LogP contribution is 2.30. The van der Waals surface area contributed by atoms with Crippen LogP contribution in [-0.4, -0.2) is 126 Å². The Morgan fingerprint density at radius 3 is 2.31 bits per heavy atom. The highest BCUT2D eigenvalue weighted by Gasteiger charge is 2.51. The van der Waals surface area contributed by atoms with Crippen LogP contribution >= 0.6 is 0 Å². The van der Waals surface area contributed by atoms with Crippen molar-refractivity contribution >= 4 is 0 Å². The number of rotatable bonds is 7. The van der Waals surface area contributed by atoms with E-state index in [1.807, 2.05) is 0 Å². The molecule has 186 valence electrons. The molecule has 0 aliphatic carbocycles. The molecule has 32 heavy (non-hydrogen) atoms. The molecule has 10 atom stereocenters. The van der Waals surface area contributed by atoms with Crippen LogP contribution in [-0.2, 0) is 33.2 Å². The summed E-state index contributed by atoms with van der Waals surface area (Å²) in [5.41, 5.74) is -1.87. The van der Waals surface area contributed by atoms with Crippen molar-refractivity contribution in [2.24, 2.45) is 0 Å². The summed E-state index contributed by atoms with van der Waals surface area (Å²) in [6, 6.07) is 0. The minimum Gasteiger partial charge on any atom is -0.393 e. The number of hydrogen-bond acceptors (Lipinski definition) is 12. The maximum Gasteiger partial charge on any atom is 0.187 e. The van der Waals surface area contributed by atoms with Crippen LogP contribution in [0, 0.1) is 0 Å². The maximum absolute atomic E-state index is 10.7. The van der Waals surface area contributed by atoms with Gasteiger partial charge in [-0.2, -0.15) is 0 Å². The highest BCUT2D eigenvalue weighted by atomic mass is 16.7. The fourth-order valence-electron chi connectivity index (χ4n) is 4.27. The minimum absolute atomic E-state index is 0.0331. The fourth-order valence-corrected chi connectivity index (χ4v) is 4.27. The molecular formula is C20H34O12. The van der Waals surface area contributed by atoms with Gasteiger partial charge in [-0.25, -0.2) is 0 Å². The zero-order chi connectivity index (χ0) is 22.7. The molecule has 0 spiro atoms. The van der Waals surface area contributed by atoms with E-state index >= 15 is 0 Å². The Bertz CT molecular complexity index is 581. The zero-order valence-electron chi connectivity index (χ0n) is 17.9. The topological polar surface area (TPSA) is 166 Å². The molecule has 4 saturated heterocycles. The normalized spacial score (nSPS) is 48.1. The third-order valence-electron chi connectivity index (χ3n) is 6.28. The third-order valence-corrected chi connectivity index (χ3v) is 6.28. The van der Waals surface area contributed by atoms with Crippen LogP contribution < -0.4 is 0 Å². The summed E-state index contributed by atoms with van der Waals surface area (Å²) in [5, 5.41) is 50.4. The van der Waals surface area contributed by atoms with Gasteiger partial charge >= 0.3 is 0 Å². The van der Waals surface area contributed by atoms with Gasteiger partial charge < -0.3 is 58.7 Å². The lowest BCUT2D eigenvalue weighted by Gasteiger charge is -2.41. The molecule has 4 rings (SSSR count). The molecule has 12 nitrogen and oxygen atoms in total. The van der Waals surface area contributed by atoms with Crippen molar-refractivity contribution < 1.29 is 58.7 Å². The largest absolute Gasteiger partial charge is 0.393 e. The molecule has 0 aromatic heterocycles. The van der Waals surface area contributed by atoms with E-state index in [2.05, 4.69) is 0 Å². The molecule has 12 heteroatoms. The van der Waals surface area contributed by atoms with E-state index in [-0.39, 0.29) is 38.3 Å². The number of aliphatic hydroxyl groups is 5. The maximum atomic E-state index is 10.7. The van der Waals surface area contributed by atoms with Crippen molar-refractivity contribution in [3.05, 3.63) is 0 Å². The molecule has 4 fully saturated rings. The number of hydrogen-bond donors (Lipinski definition) is 5. The van der Waals surface area contributed by atoms with Gasteiger partial charge in [-0.15, -0.1) is 0 Å². The molecule has 0 radical (unpaired) electrons. The lowest BCUT2D eigenvalue weighted by molar-refractivity contribution is -0.323. The molecule has 0 aromatic rings. The Balaban J connectivity index is 1.25. The van der Waals surface area contributed by atoms with Crippen molar-refractivity contribution in [2.75, 3.05) is 39.6 Å². The summed E-state index contributed by atoms with van der Waals surface area (Å²) in [7, 11) is 0. The predicted octanol–water partition coefficient (Wildman–Crippen LogP) is -2.39. The van der Waals surface area contributed by atoms with Crippen LogP contribution in [0.15, 0.2) is 0 Å². The van der Waals surface area contributed by atoms with E-state index in [4.69, 9.17) is 33.2 Å². The van der Waals surface area contributed by atoms with E-state index in [9.17, 15) is 25.5 Å². The number of aliphatic hydroxyl groups excluding tert-OH is 4. The van der Waals surface area contributed by atoms with Gasteiger partial charge in [0.05, 0.1) is 45.2 Å². The molecule has 4 aliphatic heterocycles. The Morgan fingerprint density at radius 1 is 0.844 bits per heavy atom. The van der Waals surface area contributed by atoms with E-state index in [0.29, 0.717) is 19.4 Å². The average Bonchev–Trinajstić information content (AvgIpc) is 3.09. The summed E-state index contributed by atoms with van der Waals surface area (Å²) in [6.07, 6.45) is -5.23. The average molecular weight is 466 g/mol. The van der Waals surface area contributed by atoms with Gasteiger partial charge in [-0.05, 0) is 19.3 Å². The van der Waals surface area contributed by atoms with Crippen LogP contribution in [0.4, 0.5) is 0 Å². The third kappa shape index (κ3) is 5.59. The van der Waals surface area contributed by atoms with Gasteiger partial charge in [-0.1, -0.05) is 0 Å². The summed E-state index contributed by atoms with van der Waals surface area (Å²) >= 11 is 0. The number of ether oxygens (including phenoxy) is 7. The van der Waals surface area contributed by atoms with Crippen LogP contribution in [0.3, 0.4) is 0 Å². The fraction of sp³-hybridized carbons (Fsp3) is 1.00. The van der Waals surface area contributed by atoms with Gasteiger partial charge in [0.25, 0.3) is 0 Å². The summed E-state index contributed by atoms with van der Waals surface area (Å²) in [5.74, 6) is 0. The van der Waals surface area contributed by atoms with Crippen molar-refractivity contribution in [3.63, 3.8) is 0 Å². The SMILES string of the molecule is OC[C@@]1(O)CO[C@@H](O[C@@H]2[C@@H](O)[C@H](O[C@@H]3CC[C@H](O[C@@H]4CCCOC4)OC3)OC[C@H]2O)[C@@H]1O. The summed E-state index contributed by atoms with van der Waals surface area (Å²) in [4.78, 5) is 0. The van der Waals surface area contributed by atoms with E-state index in [0.717, 1.165) is 19.4 Å². The van der Waals surface area contributed by atoms with Gasteiger partial charge in [0, 0.05) is 13.0 Å². The zero-order valence-corrected chi connectivity index (χ0v) is 17.9. The Labute approximate surface area is 185 Å². The van der Waals surface area contributed by atoms with Crippen molar-refractivity contribution in [1.82, 2.24) is 0 Å². The van der Waals surface area contributed by atoms with Gasteiger partial charge in [0.2, 0.25) is 0 Å². The van der Waals surface area contributed by atoms with Crippen molar-refractivity contribution in [3.8, 4) is 0 Å².